The fraction of sp³-hybridized carbons (Fsp3) is 0.188. The number of nitrogens with zero attached hydrogens (tertiary/aromatic N) is 2. The Morgan fingerprint density at radius 2 is 2.17 bits per heavy atom. The number of aromatic nitrogens is 1. The summed E-state index contributed by atoms with van der Waals surface area (Å²) in [7, 11) is 0. The maximum absolute atomic E-state index is 12.7. The van der Waals surface area contributed by atoms with Crippen LogP contribution >= 0.6 is 11.6 Å². The number of anilines is 1. The average Bonchev–Trinajstić information content (AvgIpc) is 2.55. The Kier molecular flexibility index (Phi) is 4.27. The summed E-state index contributed by atoms with van der Waals surface area (Å²) in [5, 5.41) is 0.626. The van der Waals surface area contributed by atoms with Crippen molar-refractivity contribution in [3.63, 3.8) is 0 Å². The predicted molar refractivity (Wildman–Crippen MR) is 87.1 cm³/mol. The van der Waals surface area contributed by atoms with Gasteiger partial charge in [-0.05, 0) is 41.8 Å². The van der Waals surface area contributed by atoms with Gasteiger partial charge in [0.1, 0.15) is 0 Å². The molecule has 1 aliphatic rings. The summed E-state index contributed by atoms with van der Waals surface area (Å²) in [6, 6.07) is 7.06. The maximum Gasteiger partial charge on any atom is 0.258 e. The third-order valence-electron chi connectivity index (χ3n) is 3.77. The third kappa shape index (κ3) is 3.18. The molecule has 2 heterocycles. The minimum absolute atomic E-state index is 0.0925. The third-order valence-corrected chi connectivity index (χ3v) is 4.00. The summed E-state index contributed by atoms with van der Waals surface area (Å²) >= 11 is 5.98. The van der Waals surface area contributed by atoms with Gasteiger partial charge in [-0.25, -0.2) is 5.84 Å². The number of pyridine rings is 1. The Bertz CT molecular complexity index is 778. The van der Waals surface area contributed by atoms with Gasteiger partial charge < -0.3 is 4.90 Å². The van der Waals surface area contributed by atoms with Gasteiger partial charge in [-0.1, -0.05) is 11.6 Å². The smallest absolute Gasteiger partial charge is 0.258 e. The lowest BCUT2D eigenvalue weighted by atomic mass is 9.98. The van der Waals surface area contributed by atoms with Gasteiger partial charge in [0, 0.05) is 23.3 Å². The first-order valence-electron chi connectivity index (χ1n) is 7.12. The number of halogens is 1. The van der Waals surface area contributed by atoms with E-state index in [1.54, 1.807) is 35.5 Å². The predicted octanol–water partition coefficient (Wildman–Crippen LogP) is 1.47. The lowest BCUT2D eigenvalue weighted by molar-refractivity contribution is -0.120. The summed E-state index contributed by atoms with van der Waals surface area (Å²) in [6.45, 7) is 0.542. The molecule has 1 aliphatic heterocycles. The number of carbonyl (C=O) groups is 2. The van der Waals surface area contributed by atoms with Crippen LogP contribution in [0.2, 0.25) is 5.02 Å². The summed E-state index contributed by atoms with van der Waals surface area (Å²) < 4.78 is 0. The maximum atomic E-state index is 12.7. The van der Waals surface area contributed by atoms with Crippen LogP contribution in [-0.2, 0) is 17.6 Å². The van der Waals surface area contributed by atoms with Crippen LogP contribution < -0.4 is 16.2 Å². The van der Waals surface area contributed by atoms with Crippen molar-refractivity contribution >= 4 is 29.1 Å². The summed E-state index contributed by atoms with van der Waals surface area (Å²) in [5.74, 6) is 4.69. The highest BCUT2D eigenvalue weighted by Crippen LogP contribution is 2.26. The van der Waals surface area contributed by atoms with Crippen LogP contribution in [0.3, 0.4) is 0 Å². The van der Waals surface area contributed by atoms with Crippen molar-refractivity contribution in [1.29, 1.82) is 0 Å². The van der Waals surface area contributed by atoms with Gasteiger partial charge in [-0.2, -0.15) is 0 Å². The quantitative estimate of drug-likeness (QED) is 0.507. The Morgan fingerprint density at radius 3 is 2.96 bits per heavy atom. The van der Waals surface area contributed by atoms with Crippen molar-refractivity contribution < 1.29 is 9.59 Å². The van der Waals surface area contributed by atoms with Gasteiger partial charge in [0.2, 0.25) is 5.91 Å². The zero-order valence-corrected chi connectivity index (χ0v) is 13.0. The molecule has 0 saturated heterocycles. The van der Waals surface area contributed by atoms with Gasteiger partial charge in [-0.15, -0.1) is 0 Å². The number of amides is 2. The number of fused-ring (bicyclic) bond motifs is 1. The first-order chi connectivity index (χ1) is 11.1. The van der Waals surface area contributed by atoms with Crippen LogP contribution in [-0.4, -0.2) is 23.3 Å². The van der Waals surface area contributed by atoms with Gasteiger partial charge >= 0.3 is 0 Å². The van der Waals surface area contributed by atoms with Crippen LogP contribution in [0.15, 0.2) is 36.7 Å². The van der Waals surface area contributed by atoms with E-state index in [4.69, 9.17) is 17.4 Å². The minimum atomic E-state index is -0.311. The van der Waals surface area contributed by atoms with Crippen LogP contribution in [0.1, 0.15) is 21.5 Å². The van der Waals surface area contributed by atoms with E-state index in [-0.39, 0.29) is 18.2 Å². The van der Waals surface area contributed by atoms with Crippen LogP contribution in [0.25, 0.3) is 0 Å². The van der Waals surface area contributed by atoms with E-state index >= 15 is 0 Å². The molecule has 1 aromatic carbocycles. The van der Waals surface area contributed by atoms with Crippen LogP contribution in [0.4, 0.5) is 5.69 Å². The number of carbonyl (C=O) groups excluding carboxylic acids is 2. The lowest BCUT2D eigenvalue weighted by Crippen LogP contribution is -2.37. The van der Waals surface area contributed by atoms with Crippen molar-refractivity contribution in [1.82, 2.24) is 10.4 Å². The zero-order chi connectivity index (χ0) is 16.4. The Morgan fingerprint density at radius 1 is 1.35 bits per heavy atom. The average molecular weight is 331 g/mol. The second-order valence-corrected chi connectivity index (χ2v) is 5.74. The molecule has 0 atom stereocenters. The Labute approximate surface area is 138 Å². The van der Waals surface area contributed by atoms with Crippen molar-refractivity contribution in [3.05, 3.63) is 58.4 Å². The number of hydrogen-bond donors (Lipinski definition) is 2. The van der Waals surface area contributed by atoms with E-state index in [0.717, 1.165) is 12.0 Å². The highest BCUT2D eigenvalue weighted by molar-refractivity contribution is 6.30. The molecular formula is C16H15ClN4O2. The van der Waals surface area contributed by atoms with Gasteiger partial charge in [-0.3, -0.25) is 20.0 Å². The molecule has 3 rings (SSSR count). The number of benzene rings is 1. The number of nitrogens with two attached hydrogens (primary N) is 1. The molecule has 0 spiro atoms. The molecule has 0 unspecified atom stereocenters. The molecule has 3 N–H and O–H groups in total. The summed E-state index contributed by atoms with van der Waals surface area (Å²) in [4.78, 5) is 29.8. The molecule has 0 fully saturated rings. The molecule has 0 radical (unpaired) electrons. The second kappa shape index (κ2) is 6.36. The van der Waals surface area contributed by atoms with E-state index in [0.29, 0.717) is 28.4 Å². The molecule has 6 nitrogen and oxygen atoms in total. The van der Waals surface area contributed by atoms with E-state index < -0.39 is 0 Å². The van der Waals surface area contributed by atoms with E-state index in [9.17, 15) is 9.59 Å². The molecule has 0 bridgehead atoms. The molecular weight excluding hydrogens is 316 g/mol. The highest BCUT2D eigenvalue weighted by atomic mass is 35.5. The monoisotopic (exact) mass is 330 g/mol. The number of hydrogen-bond acceptors (Lipinski definition) is 4. The molecule has 7 heteroatoms. The molecule has 2 aromatic rings. The minimum Gasteiger partial charge on any atom is -0.306 e. The Balaban J connectivity index is 1.88. The highest BCUT2D eigenvalue weighted by Gasteiger charge is 2.26. The van der Waals surface area contributed by atoms with Crippen molar-refractivity contribution in [2.75, 3.05) is 11.4 Å². The first kappa shape index (κ1) is 15.5. The Hall–Kier alpha value is -2.44. The fourth-order valence-corrected chi connectivity index (χ4v) is 2.85. The standard InChI is InChI=1S/C16H15ClN4O2/c17-12-1-2-14-11(7-12)3-4-21(16(14)23)13-5-10(8-19-9-13)6-15(22)20-18/h1-2,5,7-9H,3-4,6,18H2,(H,20,22). The lowest BCUT2D eigenvalue weighted by Gasteiger charge is -2.28. The molecule has 0 aliphatic carbocycles. The summed E-state index contributed by atoms with van der Waals surface area (Å²) in [6.07, 6.45) is 4.03. The number of nitrogens with one attached hydrogen (secondary N) is 1. The molecule has 1 aromatic heterocycles. The SMILES string of the molecule is NNC(=O)Cc1cncc(N2CCc3cc(Cl)ccc3C2=O)c1. The first-order valence-corrected chi connectivity index (χ1v) is 7.50. The molecule has 23 heavy (non-hydrogen) atoms. The molecule has 118 valence electrons. The van der Waals surface area contributed by atoms with E-state index in [1.807, 2.05) is 6.07 Å². The zero-order valence-electron chi connectivity index (χ0n) is 12.3. The fourth-order valence-electron chi connectivity index (χ4n) is 2.66. The molecule has 2 amide bonds. The van der Waals surface area contributed by atoms with Gasteiger partial charge in [0.15, 0.2) is 0 Å². The van der Waals surface area contributed by atoms with Gasteiger partial charge in [0.05, 0.1) is 18.3 Å². The number of hydrazine groups is 1. The van der Waals surface area contributed by atoms with Crippen LogP contribution in [0, 0.1) is 0 Å². The number of rotatable bonds is 3. The largest absolute Gasteiger partial charge is 0.306 e. The van der Waals surface area contributed by atoms with E-state index in [1.165, 1.54) is 0 Å². The van der Waals surface area contributed by atoms with Crippen molar-refractivity contribution in [2.45, 2.75) is 12.8 Å². The second-order valence-electron chi connectivity index (χ2n) is 5.30. The normalized spacial score (nSPS) is 13.7. The molecule has 0 saturated carbocycles. The van der Waals surface area contributed by atoms with Crippen molar-refractivity contribution in [2.24, 2.45) is 5.84 Å². The summed E-state index contributed by atoms with van der Waals surface area (Å²) in [5.41, 5.74) is 5.03. The van der Waals surface area contributed by atoms with Gasteiger partial charge in [0.25, 0.3) is 5.91 Å². The topological polar surface area (TPSA) is 88.3 Å². The van der Waals surface area contributed by atoms with E-state index in [2.05, 4.69) is 10.4 Å². The van der Waals surface area contributed by atoms with Crippen molar-refractivity contribution in [3.8, 4) is 0 Å². The van der Waals surface area contributed by atoms with Crippen LogP contribution in [0.5, 0.6) is 0 Å².